The first-order valence-corrected chi connectivity index (χ1v) is 11.3. The number of hydrogen-bond acceptors (Lipinski definition) is 6. The van der Waals surface area contributed by atoms with Crippen molar-refractivity contribution in [2.24, 2.45) is 5.10 Å². The summed E-state index contributed by atoms with van der Waals surface area (Å²) in [4.78, 5) is 25.4. The van der Waals surface area contributed by atoms with Crippen molar-refractivity contribution in [3.63, 3.8) is 0 Å². The number of methoxy groups -OCH3 is 2. The Kier molecular flexibility index (Phi) is 7.42. The lowest BCUT2D eigenvalue weighted by atomic mass is 10.0. The minimum atomic E-state index is -0.489. The molecule has 0 radical (unpaired) electrons. The van der Waals surface area contributed by atoms with Gasteiger partial charge in [0, 0.05) is 4.47 Å². The van der Waals surface area contributed by atoms with E-state index >= 15 is 0 Å². The van der Waals surface area contributed by atoms with Crippen LogP contribution in [0.5, 0.6) is 17.2 Å². The number of ether oxygens (including phenoxy) is 3. The number of amides is 1. The minimum absolute atomic E-state index is 0.269. The number of hydrogen-bond donors (Lipinski definition) is 1. The van der Waals surface area contributed by atoms with Crippen molar-refractivity contribution < 1.29 is 23.8 Å². The number of fused-ring (bicyclic) bond motifs is 1. The molecule has 7 nitrogen and oxygen atoms in total. The summed E-state index contributed by atoms with van der Waals surface area (Å²) in [5.41, 5.74) is 3.91. The van der Waals surface area contributed by atoms with Crippen LogP contribution in [0.3, 0.4) is 0 Å². The van der Waals surface area contributed by atoms with Crippen molar-refractivity contribution >= 4 is 44.8 Å². The molecule has 176 valence electrons. The fraction of sp³-hybridized carbons (Fsp3) is 0.0741. The van der Waals surface area contributed by atoms with Gasteiger partial charge in [-0.3, -0.25) is 4.79 Å². The molecular weight excluding hydrogens is 512 g/mol. The summed E-state index contributed by atoms with van der Waals surface area (Å²) in [6, 6.07) is 23.1. The van der Waals surface area contributed by atoms with Crippen LogP contribution in [-0.2, 0) is 0 Å². The Hall–Kier alpha value is -4.17. The van der Waals surface area contributed by atoms with E-state index in [4.69, 9.17) is 14.2 Å². The average molecular weight is 533 g/mol. The quantitative estimate of drug-likeness (QED) is 0.145. The number of nitrogens with one attached hydrogen (secondary N) is 1. The highest BCUT2D eigenvalue weighted by Crippen LogP contribution is 2.29. The number of carbonyl (C=O) groups is 2. The first kappa shape index (κ1) is 24.0. The fourth-order valence-corrected chi connectivity index (χ4v) is 3.85. The number of hydrazone groups is 1. The van der Waals surface area contributed by atoms with Crippen molar-refractivity contribution in [3.05, 3.63) is 100 Å². The van der Waals surface area contributed by atoms with E-state index in [-0.39, 0.29) is 5.75 Å². The molecule has 0 aliphatic carbocycles. The number of nitrogens with zero attached hydrogens (tertiary/aromatic N) is 1. The number of halogens is 1. The minimum Gasteiger partial charge on any atom is -0.496 e. The van der Waals surface area contributed by atoms with Gasteiger partial charge >= 0.3 is 5.97 Å². The maximum atomic E-state index is 12.9. The lowest BCUT2D eigenvalue weighted by Gasteiger charge is -2.11. The number of esters is 1. The van der Waals surface area contributed by atoms with E-state index in [2.05, 4.69) is 26.5 Å². The summed E-state index contributed by atoms with van der Waals surface area (Å²) in [6.07, 6.45) is 1.46. The zero-order chi connectivity index (χ0) is 24.8. The Morgan fingerprint density at radius 1 is 0.829 bits per heavy atom. The van der Waals surface area contributed by atoms with Crippen LogP contribution >= 0.6 is 15.9 Å². The van der Waals surface area contributed by atoms with Gasteiger partial charge in [0.15, 0.2) is 11.5 Å². The summed E-state index contributed by atoms with van der Waals surface area (Å²) >= 11 is 3.34. The molecule has 35 heavy (non-hydrogen) atoms. The molecule has 0 aliphatic rings. The molecule has 4 aromatic rings. The summed E-state index contributed by atoms with van der Waals surface area (Å²) in [6.45, 7) is 0. The van der Waals surface area contributed by atoms with E-state index in [0.717, 1.165) is 15.2 Å². The van der Waals surface area contributed by atoms with Crippen molar-refractivity contribution in [3.8, 4) is 17.2 Å². The van der Waals surface area contributed by atoms with Crippen molar-refractivity contribution in [1.29, 1.82) is 0 Å². The molecule has 4 rings (SSSR count). The topological polar surface area (TPSA) is 86.2 Å². The molecule has 0 saturated heterocycles. The normalized spacial score (nSPS) is 10.8. The molecule has 0 fully saturated rings. The van der Waals surface area contributed by atoms with Crippen molar-refractivity contribution in [2.45, 2.75) is 0 Å². The summed E-state index contributed by atoms with van der Waals surface area (Å²) in [5.74, 6) is 0.136. The molecule has 0 aliphatic heterocycles. The van der Waals surface area contributed by atoms with Gasteiger partial charge in [-0.1, -0.05) is 52.3 Å². The van der Waals surface area contributed by atoms with Crippen LogP contribution in [0, 0.1) is 0 Å². The lowest BCUT2D eigenvalue weighted by molar-refractivity contribution is 0.0731. The van der Waals surface area contributed by atoms with E-state index in [1.165, 1.54) is 20.4 Å². The van der Waals surface area contributed by atoms with E-state index in [9.17, 15) is 9.59 Å². The highest BCUT2D eigenvalue weighted by molar-refractivity contribution is 9.10. The van der Waals surface area contributed by atoms with E-state index in [1.807, 2.05) is 36.4 Å². The van der Waals surface area contributed by atoms with Crippen LogP contribution in [-0.4, -0.2) is 32.3 Å². The second kappa shape index (κ2) is 10.8. The Morgan fingerprint density at radius 3 is 2.37 bits per heavy atom. The summed E-state index contributed by atoms with van der Waals surface area (Å²) in [5, 5.41) is 5.77. The smallest absolute Gasteiger partial charge is 0.344 e. The second-order valence-corrected chi connectivity index (χ2v) is 8.29. The predicted octanol–water partition coefficient (Wildman–Crippen LogP) is 5.60. The van der Waals surface area contributed by atoms with Gasteiger partial charge in [0.1, 0.15) is 5.75 Å². The van der Waals surface area contributed by atoms with Crippen LogP contribution in [0.25, 0.3) is 10.8 Å². The number of rotatable bonds is 7. The molecule has 0 bridgehead atoms. The van der Waals surface area contributed by atoms with E-state index < -0.39 is 11.9 Å². The Bertz CT molecular complexity index is 1430. The molecule has 4 aromatic carbocycles. The molecule has 0 aromatic heterocycles. The average Bonchev–Trinajstić information content (AvgIpc) is 2.88. The maximum Gasteiger partial charge on any atom is 0.344 e. The van der Waals surface area contributed by atoms with Gasteiger partial charge < -0.3 is 14.2 Å². The Labute approximate surface area is 210 Å². The SMILES string of the molecule is COc1cc(/C=N\NC(=O)c2cc(Br)ccc2OC)ccc1OC(=O)c1cccc2ccccc12. The molecule has 8 heteroatoms. The highest BCUT2D eigenvalue weighted by Gasteiger charge is 2.16. The van der Waals surface area contributed by atoms with Crippen LogP contribution in [0.1, 0.15) is 26.3 Å². The van der Waals surface area contributed by atoms with Crippen molar-refractivity contribution in [1.82, 2.24) is 5.43 Å². The van der Waals surface area contributed by atoms with Gasteiger partial charge in [0.05, 0.1) is 31.6 Å². The molecule has 1 N–H and O–H groups in total. The van der Waals surface area contributed by atoms with Crippen LogP contribution in [0.15, 0.2) is 88.4 Å². The number of carbonyl (C=O) groups excluding carboxylic acids is 2. The summed E-state index contributed by atoms with van der Waals surface area (Å²) < 4.78 is 17.0. The van der Waals surface area contributed by atoms with Gasteiger partial charge in [-0.2, -0.15) is 5.10 Å². The molecular formula is C27H21BrN2O5. The van der Waals surface area contributed by atoms with Crippen LogP contribution in [0.4, 0.5) is 0 Å². The van der Waals surface area contributed by atoms with E-state index in [0.29, 0.717) is 28.2 Å². The standard InChI is InChI=1S/C27H21BrN2O5/c1-33-23-13-11-19(28)15-22(23)26(31)30-29-16-17-10-12-24(25(14-17)34-2)35-27(32)21-9-5-7-18-6-3-4-8-20(18)21/h3-16H,1-2H3,(H,30,31)/b29-16-. The van der Waals surface area contributed by atoms with Gasteiger partial charge in [-0.15, -0.1) is 0 Å². The van der Waals surface area contributed by atoms with Gasteiger partial charge in [0.25, 0.3) is 5.91 Å². The maximum absolute atomic E-state index is 12.9. The Balaban J connectivity index is 1.48. The van der Waals surface area contributed by atoms with Crippen molar-refractivity contribution in [2.75, 3.05) is 14.2 Å². The summed E-state index contributed by atoms with van der Waals surface area (Å²) in [7, 11) is 2.97. The van der Waals surface area contributed by atoms with Gasteiger partial charge in [-0.25, -0.2) is 10.2 Å². The second-order valence-electron chi connectivity index (χ2n) is 7.37. The monoisotopic (exact) mass is 532 g/mol. The van der Waals surface area contributed by atoms with Gasteiger partial charge in [-0.05, 0) is 58.8 Å². The largest absolute Gasteiger partial charge is 0.496 e. The third kappa shape index (κ3) is 5.50. The molecule has 0 spiro atoms. The lowest BCUT2D eigenvalue weighted by Crippen LogP contribution is -2.18. The van der Waals surface area contributed by atoms with Gasteiger partial charge in [0.2, 0.25) is 0 Å². The van der Waals surface area contributed by atoms with E-state index in [1.54, 1.807) is 42.5 Å². The van der Waals surface area contributed by atoms with Crippen LogP contribution < -0.4 is 19.6 Å². The Morgan fingerprint density at radius 2 is 1.57 bits per heavy atom. The molecule has 1 amide bonds. The highest BCUT2D eigenvalue weighted by atomic mass is 79.9. The molecule has 0 heterocycles. The zero-order valence-corrected chi connectivity index (χ0v) is 20.5. The predicted molar refractivity (Wildman–Crippen MR) is 138 cm³/mol. The molecule has 0 unspecified atom stereocenters. The zero-order valence-electron chi connectivity index (χ0n) is 18.9. The third-order valence-electron chi connectivity index (χ3n) is 5.19. The molecule has 0 atom stereocenters. The third-order valence-corrected chi connectivity index (χ3v) is 5.68. The fourth-order valence-electron chi connectivity index (χ4n) is 3.49. The first-order valence-electron chi connectivity index (χ1n) is 10.5. The molecule has 0 saturated carbocycles. The first-order chi connectivity index (χ1) is 17.0. The number of benzene rings is 4. The van der Waals surface area contributed by atoms with Crippen LogP contribution in [0.2, 0.25) is 0 Å².